The highest BCUT2D eigenvalue weighted by molar-refractivity contribution is 7.13. The van der Waals surface area contributed by atoms with Gasteiger partial charge in [-0.2, -0.15) is 4.98 Å². The monoisotopic (exact) mass is 445 g/mol. The largest absolute Gasteiger partial charge is 0.341 e. The highest BCUT2D eigenvalue weighted by atomic mass is 32.1. The Morgan fingerprint density at radius 3 is 2.61 bits per heavy atom. The van der Waals surface area contributed by atoms with Gasteiger partial charge in [0.25, 0.3) is 0 Å². The number of thiophene rings is 1. The number of piperidine rings is 1. The van der Waals surface area contributed by atoms with Gasteiger partial charge in [0.05, 0.1) is 17.3 Å². The quantitative estimate of drug-likeness (QED) is 0.720. The maximum Gasteiger partial charge on any atom is 0.241 e. The summed E-state index contributed by atoms with van der Waals surface area (Å²) >= 11 is 1.59. The SMILES string of the molecule is CC(C)(C)C(=O)N1CCCC(C(=O)N2CCN(Cc3nc(-c4cccs4)no3)CC2)C1. The molecule has 0 aromatic carbocycles. The van der Waals surface area contributed by atoms with Gasteiger partial charge < -0.3 is 14.3 Å². The normalized spacial score (nSPS) is 20.8. The molecule has 0 bridgehead atoms. The topological polar surface area (TPSA) is 82.8 Å². The Morgan fingerprint density at radius 1 is 1.16 bits per heavy atom. The second kappa shape index (κ2) is 9.08. The smallest absolute Gasteiger partial charge is 0.241 e. The van der Waals surface area contributed by atoms with Gasteiger partial charge >= 0.3 is 0 Å². The minimum Gasteiger partial charge on any atom is -0.341 e. The van der Waals surface area contributed by atoms with Crippen molar-refractivity contribution in [2.24, 2.45) is 11.3 Å². The first kappa shape index (κ1) is 22.0. The zero-order valence-electron chi connectivity index (χ0n) is 18.5. The summed E-state index contributed by atoms with van der Waals surface area (Å²) in [6.07, 6.45) is 1.75. The lowest BCUT2D eigenvalue weighted by atomic mass is 9.90. The molecule has 9 heteroatoms. The fourth-order valence-electron chi connectivity index (χ4n) is 4.24. The zero-order chi connectivity index (χ0) is 22.0. The van der Waals surface area contributed by atoms with E-state index in [1.54, 1.807) is 11.3 Å². The van der Waals surface area contributed by atoms with Crippen LogP contribution in [0.3, 0.4) is 0 Å². The first-order chi connectivity index (χ1) is 14.8. The third-order valence-electron chi connectivity index (χ3n) is 5.95. The van der Waals surface area contributed by atoms with E-state index in [1.165, 1.54) is 0 Å². The van der Waals surface area contributed by atoms with Gasteiger partial charge in [-0.25, -0.2) is 0 Å². The number of amides is 2. The van der Waals surface area contributed by atoms with E-state index >= 15 is 0 Å². The van der Waals surface area contributed by atoms with Gasteiger partial charge in [0, 0.05) is 44.7 Å². The van der Waals surface area contributed by atoms with Crippen LogP contribution in [0.5, 0.6) is 0 Å². The van der Waals surface area contributed by atoms with Gasteiger partial charge in [-0.1, -0.05) is 32.0 Å². The maximum atomic E-state index is 13.1. The molecule has 168 valence electrons. The highest BCUT2D eigenvalue weighted by Crippen LogP contribution is 2.25. The summed E-state index contributed by atoms with van der Waals surface area (Å²) < 4.78 is 5.41. The molecule has 8 nitrogen and oxygen atoms in total. The van der Waals surface area contributed by atoms with E-state index in [0.717, 1.165) is 37.4 Å². The van der Waals surface area contributed by atoms with Crippen molar-refractivity contribution in [2.75, 3.05) is 39.3 Å². The summed E-state index contributed by atoms with van der Waals surface area (Å²) in [5, 5.41) is 6.06. The van der Waals surface area contributed by atoms with Gasteiger partial charge in [0.1, 0.15) is 0 Å². The van der Waals surface area contributed by atoms with Crippen LogP contribution in [0.15, 0.2) is 22.0 Å². The molecular weight excluding hydrogens is 414 g/mol. The van der Waals surface area contributed by atoms with Gasteiger partial charge in [0.15, 0.2) is 0 Å². The molecule has 1 unspecified atom stereocenters. The van der Waals surface area contributed by atoms with Crippen LogP contribution in [0.1, 0.15) is 39.5 Å². The van der Waals surface area contributed by atoms with Gasteiger partial charge in [-0.15, -0.1) is 11.3 Å². The zero-order valence-corrected chi connectivity index (χ0v) is 19.4. The lowest BCUT2D eigenvalue weighted by molar-refractivity contribution is -0.146. The Labute approximate surface area is 187 Å². The van der Waals surface area contributed by atoms with Gasteiger partial charge in [0.2, 0.25) is 23.5 Å². The minimum atomic E-state index is -0.408. The fourth-order valence-corrected chi connectivity index (χ4v) is 4.89. The van der Waals surface area contributed by atoms with E-state index in [-0.39, 0.29) is 17.7 Å². The molecule has 2 aromatic heterocycles. The maximum absolute atomic E-state index is 13.1. The van der Waals surface area contributed by atoms with Crippen molar-refractivity contribution in [3.05, 3.63) is 23.4 Å². The molecule has 2 amide bonds. The Bertz CT molecular complexity index is 897. The molecule has 2 aromatic rings. The Kier molecular flexibility index (Phi) is 6.43. The van der Waals surface area contributed by atoms with Crippen LogP contribution in [-0.4, -0.2) is 75.9 Å². The van der Waals surface area contributed by atoms with Crippen LogP contribution in [0.2, 0.25) is 0 Å². The summed E-state index contributed by atoms with van der Waals surface area (Å²) in [4.78, 5) is 37.3. The lowest BCUT2D eigenvalue weighted by Gasteiger charge is -2.40. The van der Waals surface area contributed by atoms with Crippen LogP contribution >= 0.6 is 11.3 Å². The molecular formula is C22H31N5O3S. The number of likely N-dealkylation sites (tertiary alicyclic amines) is 1. The molecule has 0 saturated carbocycles. The summed E-state index contributed by atoms with van der Waals surface area (Å²) in [7, 11) is 0. The Balaban J connectivity index is 1.27. The molecule has 0 aliphatic carbocycles. The van der Waals surface area contributed by atoms with Crippen molar-refractivity contribution in [3.8, 4) is 10.7 Å². The number of carbonyl (C=O) groups is 2. The van der Waals surface area contributed by atoms with Crippen molar-refractivity contribution >= 4 is 23.2 Å². The Morgan fingerprint density at radius 2 is 1.94 bits per heavy atom. The predicted molar refractivity (Wildman–Crippen MR) is 118 cm³/mol. The number of rotatable bonds is 4. The predicted octanol–water partition coefficient (Wildman–Crippen LogP) is 2.73. The third kappa shape index (κ3) is 5.15. The van der Waals surface area contributed by atoms with Crippen molar-refractivity contribution in [1.82, 2.24) is 24.8 Å². The molecule has 2 aliphatic heterocycles. The Hall–Kier alpha value is -2.26. The van der Waals surface area contributed by atoms with Crippen LogP contribution in [0.25, 0.3) is 10.7 Å². The number of hydrogen-bond donors (Lipinski definition) is 0. The summed E-state index contributed by atoms with van der Waals surface area (Å²) in [5.74, 6) is 1.47. The van der Waals surface area contributed by atoms with E-state index < -0.39 is 5.41 Å². The number of nitrogens with zero attached hydrogens (tertiary/aromatic N) is 5. The third-order valence-corrected chi connectivity index (χ3v) is 6.82. The molecule has 2 fully saturated rings. The summed E-state index contributed by atoms with van der Waals surface area (Å²) in [6.45, 7) is 10.6. The van der Waals surface area contributed by atoms with Crippen molar-refractivity contribution in [1.29, 1.82) is 0 Å². The second-order valence-corrected chi connectivity index (χ2v) is 10.4. The molecule has 2 saturated heterocycles. The van der Waals surface area contributed by atoms with Crippen molar-refractivity contribution in [3.63, 3.8) is 0 Å². The second-order valence-electron chi connectivity index (χ2n) is 9.43. The first-order valence-corrected chi connectivity index (χ1v) is 11.9. The molecule has 4 rings (SSSR count). The molecule has 1 atom stereocenters. The summed E-state index contributed by atoms with van der Waals surface area (Å²) in [6, 6.07) is 3.95. The van der Waals surface area contributed by atoms with Crippen molar-refractivity contribution in [2.45, 2.75) is 40.2 Å². The van der Waals surface area contributed by atoms with E-state index in [1.807, 2.05) is 48.1 Å². The standard InChI is InChI=1S/C22H31N5O3S/c1-22(2,3)21(29)27-8-4-6-16(14-27)20(28)26-11-9-25(10-12-26)15-18-23-19(24-30-18)17-7-5-13-31-17/h5,7,13,16H,4,6,8-12,14-15H2,1-3H3. The molecule has 0 radical (unpaired) electrons. The van der Waals surface area contributed by atoms with Crippen LogP contribution in [0.4, 0.5) is 0 Å². The van der Waals surface area contributed by atoms with Gasteiger partial charge in [-0.3, -0.25) is 14.5 Å². The minimum absolute atomic E-state index is 0.0871. The first-order valence-electron chi connectivity index (χ1n) is 11.0. The number of aromatic nitrogens is 2. The van der Waals surface area contributed by atoms with E-state index in [2.05, 4.69) is 15.0 Å². The van der Waals surface area contributed by atoms with E-state index in [9.17, 15) is 9.59 Å². The highest BCUT2D eigenvalue weighted by Gasteiger charge is 2.35. The molecule has 4 heterocycles. The molecule has 2 aliphatic rings. The molecule has 0 N–H and O–H groups in total. The number of carbonyl (C=O) groups excluding carboxylic acids is 2. The van der Waals surface area contributed by atoms with Gasteiger partial charge in [-0.05, 0) is 24.3 Å². The van der Waals surface area contributed by atoms with E-state index in [0.29, 0.717) is 37.9 Å². The number of piperazine rings is 1. The molecule has 31 heavy (non-hydrogen) atoms. The average Bonchev–Trinajstić information content (AvgIpc) is 3.45. The van der Waals surface area contributed by atoms with E-state index in [4.69, 9.17) is 4.52 Å². The lowest BCUT2D eigenvalue weighted by Crippen LogP contribution is -2.53. The number of hydrogen-bond acceptors (Lipinski definition) is 7. The fraction of sp³-hybridized carbons (Fsp3) is 0.636. The van der Waals surface area contributed by atoms with Crippen LogP contribution in [0, 0.1) is 11.3 Å². The van der Waals surface area contributed by atoms with Crippen LogP contribution < -0.4 is 0 Å². The summed E-state index contributed by atoms with van der Waals surface area (Å²) in [5.41, 5.74) is -0.408. The molecule has 0 spiro atoms. The van der Waals surface area contributed by atoms with Crippen LogP contribution in [-0.2, 0) is 16.1 Å². The van der Waals surface area contributed by atoms with Crippen molar-refractivity contribution < 1.29 is 14.1 Å². The average molecular weight is 446 g/mol.